The minimum atomic E-state index is -1.05. The lowest BCUT2D eigenvalue weighted by atomic mass is 9.95. The maximum absolute atomic E-state index is 13.5. The number of anilines is 1. The highest BCUT2D eigenvalue weighted by molar-refractivity contribution is 7.17. The van der Waals surface area contributed by atoms with Crippen molar-refractivity contribution in [3.05, 3.63) is 87.6 Å². The highest BCUT2D eigenvalue weighted by Crippen LogP contribution is 2.45. The number of hydrogen-bond acceptors (Lipinski definition) is 9. The molecule has 2 aromatic carbocycles. The second kappa shape index (κ2) is 12.6. The van der Waals surface area contributed by atoms with E-state index in [1.807, 2.05) is 30.3 Å². The number of aliphatic hydroxyl groups is 1. The van der Waals surface area contributed by atoms with Gasteiger partial charge in [0.05, 0.1) is 38.1 Å². The molecular weight excluding hydrogens is 532 g/mol. The van der Waals surface area contributed by atoms with Crippen LogP contribution in [0.5, 0.6) is 11.5 Å². The van der Waals surface area contributed by atoms with Crippen LogP contribution < -0.4 is 14.4 Å². The van der Waals surface area contributed by atoms with Crippen molar-refractivity contribution in [3.63, 3.8) is 0 Å². The molecule has 1 aliphatic heterocycles. The summed E-state index contributed by atoms with van der Waals surface area (Å²) in [5.41, 5.74) is 1.51. The normalized spacial score (nSPS) is 15.2. The van der Waals surface area contributed by atoms with Crippen molar-refractivity contribution in [3.8, 4) is 11.5 Å². The number of thiazole rings is 1. The molecule has 1 aromatic heterocycles. The van der Waals surface area contributed by atoms with E-state index in [1.54, 1.807) is 31.2 Å². The molecule has 1 atom stereocenters. The molecule has 1 unspecified atom stereocenters. The van der Waals surface area contributed by atoms with Crippen molar-refractivity contribution in [1.29, 1.82) is 0 Å². The Balaban J connectivity index is 1.81. The summed E-state index contributed by atoms with van der Waals surface area (Å²) < 4.78 is 16.3. The topological polar surface area (TPSA) is 115 Å². The molecule has 208 valence electrons. The van der Waals surface area contributed by atoms with Crippen LogP contribution in [0.25, 0.3) is 6.08 Å². The Morgan fingerprint density at radius 2 is 1.88 bits per heavy atom. The molecule has 0 aliphatic carbocycles. The number of aliphatic hydroxyl groups excluding tert-OH is 1. The maximum Gasteiger partial charge on any atom is 0.350 e. The van der Waals surface area contributed by atoms with Crippen molar-refractivity contribution in [2.24, 2.45) is 0 Å². The number of benzene rings is 2. The summed E-state index contributed by atoms with van der Waals surface area (Å²) in [7, 11) is 2.75. The van der Waals surface area contributed by atoms with E-state index in [0.717, 1.165) is 29.7 Å². The molecule has 0 spiro atoms. The molecule has 0 radical (unpaired) electrons. The first-order valence-electron chi connectivity index (χ1n) is 12.7. The summed E-state index contributed by atoms with van der Waals surface area (Å²) in [5, 5.41) is 11.1. The van der Waals surface area contributed by atoms with Gasteiger partial charge in [0.15, 0.2) is 28.2 Å². The summed E-state index contributed by atoms with van der Waals surface area (Å²) in [6.45, 7) is 4.18. The lowest BCUT2D eigenvalue weighted by molar-refractivity contribution is -0.117. The minimum absolute atomic E-state index is 0.119. The molecule has 4 rings (SSSR count). The van der Waals surface area contributed by atoms with Crippen LogP contribution in [0.15, 0.2) is 65.9 Å². The molecule has 9 nitrogen and oxygen atoms in total. The molecule has 1 N–H and O–H groups in total. The third kappa shape index (κ3) is 5.76. The number of ether oxygens (including phenoxy) is 3. The van der Waals surface area contributed by atoms with Gasteiger partial charge in [0, 0.05) is 0 Å². The minimum Gasteiger partial charge on any atom is -0.503 e. The van der Waals surface area contributed by atoms with Gasteiger partial charge in [0.2, 0.25) is 0 Å². The van der Waals surface area contributed by atoms with Crippen molar-refractivity contribution in [1.82, 2.24) is 4.98 Å². The number of nitrogens with zero attached hydrogens (tertiary/aromatic N) is 2. The van der Waals surface area contributed by atoms with Gasteiger partial charge in [-0.25, -0.2) is 9.78 Å². The summed E-state index contributed by atoms with van der Waals surface area (Å²) in [5.74, 6) is -1.73. The van der Waals surface area contributed by atoms with Crippen LogP contribution in [0.3, 0.4) is 0 Å². The second-order valence-electron chi connectivity index (χ2n) is 8.96. The van der Waals surface area contributed by atoms with E-state index in [2.05, 4.69) is 11.9 Å². The molecular formula is C30H30N2O7S. The number of amides is 1. The van der Waals surface area contributed by atoms with Crippen molar-refractivity contribution in [2.75, 3.05) is 25.7 Å². The van der Waals surface area contributed by atoms with Crippen LogP contribution in [0.2, 0.25) is 0 Å². The first kappa shape index (κ1) is 28.6. The van der Waals surface area contributed by atoms with Crippen LogP contribution in [0.1, 0.15) is 52.3 Å². The molecule has 10 heteroatoms. The number of rotatable bonds is 11. The zero-order valence-corrected chi connectivity index (χ0v) is 23.5. The molecule has 2 heterocycles. The van der Waals surface area contributed by atoms with Crippen LogP contribution in [0, 0.1) is 6.92 Å². The Bertz CT molecular complexity index is 1480. The van der Waals surface area contributed by atoms with Crippen LogP contribution >= 0.6 is 11.3 Å². The predicted octanol–water partition coefficient (Wildman–Crippen LogP) is 5.61. The SMILES string of the molecule is CCCCOc1ccc(C2C(C(=O)/C=C/c3ccccc3)=C(O)C(=O)N2c2nc(C)c(C(=O)OC)s2)cc1OC. The highest BCUT2D eigenvalue weighted by atomic mass is 32.1. The monoisotopic (exact) mass is 562 g/mol. The number of ketones is 1. The molecule has 0 fully saturated rings. The Hall–Kier alpha value is -4.44. The zero-order valence-electron chi connectivity index (χ0n) is 22.7. The summed E-state index contributed by atoms with van der Waals surface area (Å²) in [4.78, 5) is 45.1. The third-order valence-electron chi connectivity index (χ3n) is 6.32. The van der Waals surface area contributed by atoms with Gasteiger partial charge < -0.3 is 19.3 Å². The molecule has 0 saturated heterocycles. The molecule has 0 bridgehead atoms. The smallest absolute Gasteiger partial charge is 0.350 e. The molecule has 0 saturated carbocycles. The number of carbonyl (C=O) groups excluding carboxylic acids is 3. The third-order valence-corrected chi connectivity index (χ3v) is 7.46. The fourth-order valence-electron chi connectivity index (χ4n) is 4.26. The molecule has 1 aliphatic rings. The highest BCUT2D eigenvalue weighted by Gasteiger charge is 2.45. The predicted molar refractivity (Wildman–Crippen MR) is 152 cm³/mol. The largest absolute Gasteiger partial charge is 0.503 e. The number of methoxy groups -OCH3 is 2. The van der Waals surface area contributed by atoms with Gasteiger partial charge in [-0.2, -0.15) is 0 Å². The lowest BCUT2D eigenvalue weighted by Gasteiger charge is -2.25. The van der Waals surface area contributed by atoms with Gasteiger partial charge in [-0.15, -0.1) is 0 Å². The molecule has 40 heavy (non-hydrogen) atoms. The number of allylic oxidation sites excluding steroid dienone is 1. The number of carbonyl (C=O) groups is 3. The average Bonchev–Trinajstić information content (AvgIpc) is 3.48. The quantitative estimate of drug-likeness (QED) is 0.182. The average molecular weight is 563 g/mol. The van der Waals surface area contributed by atoms with Crippen molar-refractivity contribution < 1.29 is 33.7 Å². The van der Waals surface area contributed by atoms with E-state index in [4.69, 9.17) is 14.2 Å². The number of hydrogen-bond donors (Lipinski definition) is 1. The van der Waals surface area contributed by atoms with Gasteiger partial charge in [-0.05, 0) is 42.7 Å². The fraction of sp³-hybridized carbons (Fsp3) is 0.267. The van der Waals surface area contributed by atoms with Gasteiger partial charge >= 0.3 is 5.97 Å². The van der Waals surface area contributed by atoms with Gasteiger partial charge in [-0.3, -0.25) is 14.5 Å². The Morgan fingerprint density at radius 3 is 2.55 bits per heavy atom. The number of aromatic nitrogens is 1. The van der Waals surface area contributed by atoms with Crippen LogP contribution in [-0.2, 0) is 14.3 Å². The second-order valence-corrected chi connectivity index (χ2v) is 9.94. The van der Waals surface area contributed by atoms with Gasteiger partial charge in [-0.1, -0.05) is 67.2 Å². The first-order chi connectivity index (χ1) is 19.3. The Labute approximate surface area is 236 Å². The Kier molecular flexibility index (Phi) is 9.00. The van der Waals surface area contributed by atoms with Crippen LogP contribution in [-0.4, -0.2) is 48.6 Å². The van der Waals surface area contributed by atoms with E-state index >= 15 is 0 Å². The lowest BCUT2D eigenvalue weighted by Crippen LogP contribution is -2.30. The summed E-state index contributed by atoms with van der Waals surface area (Å²) in [6.07, 6.45) is 4.76. The van der Waals surface area contributed by atoms with Gasteiger partial charge in [0.25, 0.3) is 5.91 Å². The van der Waals surface area contributed by atoms with Crippen LogP contribution in [0.4, 0.5) is 5.13 Å². The van der Waals surface area contributed by atoms with E-state index in [0.29, 0.717) is 29.4 Å². The standard InChI is InChI=1S/C30H30N2O7S/c1-5-6-16-39-22-15-13-20(17-23(22)37-3)25-24(21(33)14-12-19-10-8-7-9-11-19)26(34)28(35)32(25)30-31-18(2)27(40-30)29(36)38-4/h7-15,17,25,34H,5-6,16H2,1-4H3/b14-12+. The molecule has 1 amide bonds. The van der Waals surface area contributed by atoms with E-state index < -0.39 is 29.5 Å². The number of esters is 1. The van der Waals surface area contributed by atoms with Crippen molar-refractivity contribution in [2.45, 2.75) is 32.7 Å². The van der Waals surface area contributed by atoms with E-state index in [9.17, 15) is 19.5 Å². The van der Waals surface area contributed by atoms with Crippen molar-refractivity contribution >= 4 is 40.2 Å². The first-order valence-corrected chi connectivity index (χ1v) is 13.5. The van der Waals surface area contributed by atoms with E-state index in [-0.39, 0.29) is 15.6 Å². The number of aryl methyl sites for hydroxylation is 1. The Morgan fingerprint density at radius 1 is 1.12 bits per heavy atom. The van der Waals surface area contributed by atoms with Gasteiger partial charge in [0.1, 0.15) is 4.88 Å². The van der Waals surface area contributed by atoms with E-state index in [1.165, 1.54) is 25.2 Å². The maximum atomic E-state index is 13.5. The fourth-order valence-corrected chi connectivity index (χ4v) is 5.27. The summed E-state index contributed by atoms with van der Waals surface area (Å²) >= 11 is 0.941. The number of unbranched alkanes of at least 4 members (excludes halogenated alkanes) is 1. The molecule has 3 aromatic rings. The zero-order chi connectivity index (χ0) is 28.8. The summed E-state index contributed by atoms with van der Waals surface area (Å²) in [6, 6.07) is 13.2.